The highest BCUT2D eigenvalue weighted by atomic mass is 32.1. The molecule has 1 aliphatic rings. The van der Waals surface area contributed by atoms with E-state index in [2.05, 4.69) is 19.2 Å². The van der Waals surface area contributed by atoms with E-state index in [1.54, 1.807) is 11.3 Å². The number of hydrogen-bond donors (Lipinski definition) is 2. The summed E-state index contributed by atoms with van der Waals surface area (Å²) in [7, 11) is 0. The van der Waals surface area contributed by atoms with Gasteiger partial charge in [0.15, 0.2) is 0 Å². The molecule has 1 heterocycles. The van der Waals surface area contributed by atoms with Gasteiger partial charge in [-0.25, -0.2) is 0 Å². The molecular weight excluding hydrogens is 194 g/mol. The van der Waals surface area contributed by atoms with Crippen LogP contribution in [0.1, 0.15) is 31.2 Å². The van der Waals surface area contributed by atoms with Gasteiger partial charge in [-0.15, -0.1) is 11.3 Å². The molecule has 1 aromatic rings. The molecule has 0 spiro atoms. The van der Waals surface area contributed by atoms with E-state index in [1.807, 2.05) is 17.5 Å². The third-order valence-corrected chi connectivity index (χ3v) is 3.92. The Balaban J connectivity index is 1.77. The SMILES string of the molecule is CC1(C)CC1NCC(O)c1cccs1. The largest absolute Gasteiger partial charge is 0.386 e. The molecule has 14 heavy (non-hydrogen) atoms. The van der Waals surface area contributed by atoms with E-state index < -0.39 is 0 Å². The van der Waals surface area contributed by atoms with E-state index >= 15 is 0 Å². The average molecular weight is 211 g/mol. The smallest absolute Gasteiger partial charge is 0.101 e. The Morgan fingerprint density at radius 3 is 2.93 bits per heavy atom. The second-order valence-electron chi connectivity index (χ2n) is 4.68. The lowest BCUT2D eigenvalue weighted by atomic mass is 10.2. The Kier molecular flexibility index (Phi) is 2.64. The Labute approximate surface area is 89.0 Å². The predicted molar refractivity (Wildman–Crippen MR) is 59.5 cm³/mol. The molecule has 2 atom stereocenters. The zero-order valence-electron chi connectivity index (χ0n) is 8.66. The first kappa shape index (κ1) is 10.1. The molecule has 0 aromatic carbocycles. The molecule has 0 saturated heterocycles. The van der Waals surface area contributed by atoms with Gasteiger partial charge in [-0.05, 0) is 23.3 Å². The summed E-state index contributed by atoms with van der Waals surface area (Å²) in [4.78, 5) is 1.05. The van der Waals surface area contributed by atoms with Crippen molar-refractivity contribution < 1.29 is 5.11 Å². The van der Waals surface area contributed by atoms with Crippen LogP contribution >= 0.6 is 11.3 Å². The maximum atomic E-state index is 9.80. The van der Waals surface area contributed by atoms with Crippen LogP contribution in [-0.4, -0.2) is 17.7 Å². The topological polar surface area (TPSA) is 32.3 Å². The maximum absolute atomic E-state index is 9.80. The molecule has 2 unspecified atom stereocenters. The molecule has 1 fully saturated rings. The summed E-state index contributed by atoms with van der Waals surface area (Å²) in [6, 6.07) is 4.55. The lowest BCUT2D eigenvalue weighted by molar-refractivity contribution is 0.176. The van der Waals surface area contributed by atoms with Crippen LogP contribution in [0.5, 0.6) is 0 Å². The van der Waals surface area contributed by atoms with Crippen molar-refractivity contribution in [1.29, 1.82) is 0 Å². The monoisotopic (exact) mass is 211 g/mol. The van der Waals surface area contributed by atoms with Crippen molar-refractivity contribution in [1.82, 2.24) is 5.32 Å². The van der Waals surface area contributed by atoms with Gasteiger partial charge >= 0.3 is 0 Å². The molecular formula is C11H17NOS. The summed E-state index contributed by atoms with van der Waals surface area (Å²) in [6.07, 6.45) is 0.885. The van der Waals surface area contributed by atoms with Gasteiger partial charge in [0.25, 0.3) is 0 Å². The second kappa shape index (κ2) is 3.65. The minimum Gasteiger partial charge on any atom is -0.386 e. The van der Waals surface area contributed by atoms with Crippen molar-refractivity contribution in [3.63, 3.8) is 0 Å². The van der Waals surface area contributed by atoms with Gasteiger partial charge in [0, 0.05) is 17.5 Å². The summed E-state index contributed by atoms with van der Waals surface area (Å²) in [6.45, 7) is 5.18. The number of hydrogen-bond acceptors (Lipinski definition) is 3. The third-order valence-electron chi connectivity index (χ3n) is 2.94. The molecule has 1 aromatic heterocycles. The summed E-state index contributed by atoms with van der Waals surface area (Å²) in [5.41, 5.74) is 0.440. The predicted octanol–water partition coefficient (Wildman–Crippen LogP) is 2.17. The van der Waals surface area contributed by atoms with Crippen LogP contribution in [0.4, 0.5) is 0 Å². The number of thiophene rings is 1. The fourth-order valence-corrected chi connectivity index (χ4v) is 2.36. The lowest BCUT2D eigenvalue weighted by Gasteiger charge is -2.11. The molecule has 2 nitrogen and oxygen atoms in total. The maximum Gasteiger partial charge on any atom is 0.101 e. The molecule has 2 rings (SSSR count). The normalized spacial score (nSPS) is 26.1. The van der Waals surface area contributed by atoms with Gasteiger partial charge in [-0.3, -0.25) is 0 Å². The van der Waals surface area contributed by atoms with Crippen LogP contribution in [0.2, 0.25) is 0 Å². The van der Waals surface area contributed by atoms with Crippen molar-refractivity contribution >= 4 is 11.3 Å². The van der Waals surface area contributed by atoms with E-state index in [9.17, 15) is 5.11 Å². The molecule has 78 valence electrons. The average Bonchev–Trinajstić information content (AvgIpc) is 2.58. The molecule has 0 amide bonds. The van der Waals surface area contributed by atoms with E-state index in [1.165, 1.54) is 6.42 Å². The van der Waals surface area contributed by atoms with Crippen molar-refractivity contribution in [2.45, 2.75) is 32.4 Å². The first-order valence-electron chi connectivity index (χ1n) is 5.04. The van der Waals surface area contributed by atoms with Crippen molar-refractivity contribution in [3.05, 3.63) is 22.4 Å². The minimum atomic E-state index is -0.341. The second-order valence-corrected chi connectivity index (χ2v) is 5.66. The van der Waals surface area contributed by atoms with E-state index in [0.29, 0.717) is 18.0 Å². The van der Waals surface area contributed by atoms with Crippen LogP contribution in [0.15, 0.2) is 17.5 Å². The van der Waals surface area contributed by atoms with Crippen LogP contribution in [0.25, 0.3) is 0 Å². The van der Waals surface area contributed by atoms with E-state index in [0.717, 1.165) is 4.88 Å². The Hall–Kier alpha value is -0.380. The summed E-state index contributed by atoms with van der Waals surface area (Å²) in [5.74, 6) is 0. The third kappa shape index (κ3) is 2.16. The zero-order valence-corrected chi connectivity index (χ0v) is 9.47. The highest BCUT2D eigenvalue weighted by Crippen LogP contribution is 2.44. The van der Waals surface area contributed by atoms with Gasteiger partial charge < -0.3 is 10.4 Å². The molecule has 0 aliphatic heterocycles. The molecule has 1 saturated carbocycles. The van der Waals surface area contributed by atoms with Gasteiger partial charge in [0.1, 0.15) is 6.10 Å². The minimum absolute atomic E-state index is 0.341. The summed E-state index contributed by atoms with van der Waals surface area (Å²) in [5, 5.41) is 15.2. The van der Waals surface area contributed by atoms with Crippen LogP contribution in [-0.2, 0) is 0 Å². The van der Waals surface area contributed by atoms with Crippen LogP contribution in [0, 0.1) is 5.41 Å². The number of rotatable bonds is 4. The van der Waals surface area contributed by atoms with E-state index in [-0.39, 0.29) is 6.10 Å². The Morgan fingerprint density at radius 2 is 2.43 bits per heavy atom. The Morgan fingerprint density at radius 1 is 1.71 bits per heavy atom. The zero-order chi connectivity index (χ0) is 10.2. The van der Waals surface area contributed by atoms with Crippen molar-refractivity contribution in [3.8, 4) is 0 Å². The summed E-state index contributed by atoms with van der Waals surface area (Å²) < 4.78 is 0. The number of aliphatic hydroxyl groups is 1. The fraction of sp³-hybridized carbons (Fsp3) is 0.636. The highest BCUT2D eigenvalue weighted by molar-refractivity contribution is 7.10. The summed E-state index contributed by atoms with van der Waals surface area (Å²) >= 11 is 1.61. The highest BCUT2D eigenvalue weighted by Gasteiger charge is 2.45. The number of nitrogens with one attached hydrogen (secondary N) is 1. The van der Waals surface area contributed by atoms with Crippen molar-refractivity contribution in [2.75, 3.05) is 6.54 Å². The van der Waals surface area contributed by atoms with E-state index in [4.69, 9.17) is 0 Å². The van der Waals surface area contributed by atoms with Gasteiger partial charge in [-0.2, -0.15) is 0 Å². The first-order chi connectivity index (χ1) is 6.59. The van der Waals surface area contributed by atoms with Crippen LogP contribution < -0.4 is 5.32 Å². The van der Waals surface area contributed by atoms with Gasteiger partial charge in [0.2, 0.25) is 0 Å². The quantitative estimate of drug-likeness (QED) is 0.800. The molecule has 1 aliphatic carbocycles. The van der Waals surface area contributed by atoms with Crippen molar-refractivity contribution in [2.24, 2.45) is 5.41 Å². The Bertz CT molecular complexity index is 294. The van der Waals surface area contributed by atoms with Crippen LogP contribution in [0.3, 0.4) is 0 Å². The molecule has 3 heteroatoms. The molecule has 2 N–H and O–H groups in total. The first-order valence-corrected chi connectivity index (χ1v) is 5.92. The lowest BCUT2D eigenvalue weighted by Crippen LogP contribution is -2.25. The van der Waals surface area contributed by atoms with Gasteiger partial charge in [-0.1, -0.05) is 19.9 Å². The van der Waals surface area contributed by atoms with Gasteiger partial charge in [0.05, 0.1) is 0 Å². The fourth-order valence-electron chi connectivity index (χ4n) is 1.65. The molecule has 0 bridgehead atoms. The standard InChI is InChI=1S/C11H17NOS/c1-11(2)6-10(11)12-7-8(13)9-4-3-5-14-9/h3-5,8,10,12-13H,6-7H2,1-2H3. The molecule has 0 radical (unpaired) electrons. The number of aliphatic hydroxyl groups excluding tert-OH is 1.